The number of anilines is 2. The van der Waals surface area contributed by atoms with E-state index in [9.17, 15) is 4.79 Å². The minimum Gasteiger partial charge on any atom is -0.372 e. The molecule has 2 aromatic carbocycles. The van der Waals surface area contributed by atoms with Crippen molar-refractivity contribution in [2.45, 2.75) is 51.7 Å². The van der Waals surface area contributed by atoms with Gasteiger partial charge >= 0.3 is 0 Å². The Morgan fingerprint density at radius 3 is 2.30 bits per heavy atom. The second-order valence-electron chi connectivity index (χ2n) is 7.45. The van der Waals surface area contributed by atoms with E-state index in [1.807, 2.05) is 42.5 Å². The highest BCUT2D eigenvalue weighted by molar-refractivity contribution is 5.96. The molecule has 1 fully saturated rings. The van der Waals surface area contributed by atoms with Gasteiger partial charge in [-0.05, 0) is 50.1 Å². The van der Waals surface area contributed by atoms with Crippen LogP contribution in [0.5, 0.6) is 0 Å². The van der Waals surface area contributed by atoms with Crippen LogP contribution in [0.1, 0.15) is 45.1 Å². The molecule has 1 aliphatic heterocycles. The van der Waals surface area contributed by atoms with Crippen LogP contribution >= 0.6 is 0 Å². The number of ether oxygens (including phenoxy) is 1. The number of carbonyl (C=O) groups excluding carboxylic acids is 1. The van der Waals surface area contributed by atoms with E-state index in [-0.39, 0.29) is 24.0 Å². The van der Waals surface area contributed by atoms with Gasteiger partial charge < -0.3 is 15.0 Å². The van der Waals surface area contributed by atoms with Crippen molar-refractivity contribution in [3.05, 3.63) is 60.2 Å². The summed E-state index contributed by atoms with van der Waals surface area (Å²) >= 11 is 0. The molecular formula is C23H30N2O2. The first-order valence-electron chi connectivity index (χ1n) is 9.93. The fourth-order valence-electron chi connectivity index (χ4n) is 3.80. The maximum absolute atomic E-state index is 12.8. The van der Waals surface area contributed by atoms with Crippen LogP contribution in [0.3, 0.4) is 0 Å². The first kappa shape index (κ1) is 19.4. The number of morpholine rings is 1. The van der Waals surface area contributed by atoms with Gasteiger partial charge in [-0.15, -0.1) is 0 Å². The van der Waals surface area contributed by atoms with Gasteiger partial charge in [-0.1, -0.05) is 43.7 Å². The molecule has 1 saturated heterocycles. The Morgan fingerprint density at radius 1 is 1.07 bits per heavy atom. The van der Waals surface area contributed by atoms with Crippen molar-refractivity contribution in [1.29, 1.82) is 0 Å². The molecule has 0 saturated carbocycles. The summed E-state index contributed by atoms with van der Waals surface area (Å²) in [7, 11) is 0. The summed E-state index contributed by atoms with van der Waals surface area (Å²) in [6, 6.07) is 18.2. The smallest absolute Gasteiger partial charge is 0.231 e. The van der Waals surface area contributed by atoms with E-state index in [0.717, 1.165) is 37.2 Å². The third-order valence-corrected chi connectivity index (χ3v) is 5.02. The van der Waals surface area contributed by atoms with E-state index in [4.69, 9.17) is 4.74 Å². The quantitative estimate of drug-likeness (QED) is 0.797. The zero-order valence-corrected chi connectivity index (χ0v) is 16.5. The SMILES string of the molecule is CCCC(C(=O)Nc1ccc(N2CC(C)OC(C)C2)cc1)c1ccccc1. The van der Waals surface area contributed by atoms with Gasteiger partial charge in [-0.2, -0.15) is 0 Å². The van der Waals surface area contributed by atoms with Gasteiger partial charge in [-0.25, -0.2) is 0 Å². The largest absolute Gasteiger partial charge is 0.372 e. The minimum absolute atomic E-state index is 0.0596. The topological polar surface area (TPSA) is 41.6 Å². The molecule has 27 heavy (non-hydrogen) atoms. The third-order valence-electron chi connectivity index (χ3n) is 5.02. The van der Waals surface area contributed by atoms with Crippen molar-refractivity contribution < 1.29 is 9.53 Å². The monoisotopic (exact) mass is 366 g/mol. The van der Waals surface area contributed by atoms with E-state index in [0.29, 0.717) is 0 Å². The lowest BCUT2D eigenvalue weighted by Crippen LogP contribution is -2.45. The maximum atomic E-state index is 12.8. The van der Waals surface area contributed by atoms with Crippen molar-refractivity contribution in [2.24, 2.45) is 0 Å². The lowest BCUT2D eigenvalue weighted by molar-refractivity contribution is -0.117. The summed E-state index contributed by atoms with van der Waals surface area (Å²) in [4.78, 5) is 15.2. The molecule has 2 aromatic rings. The summed E-state index contributed by atoms with van der Waals surface area (Å²) in [5.41, 5.74) is 3.09. The minimum atomic E-state index is -0.114. The summed E-state index contributed by atoms with van der Waals surface area (Å²) in [5.74, 6) is -0.0544. The Bertz CT molecular complexity index is 720. The number of nitrogens with one attached hydrogen (secondary N) is 1. The predicted molar refractivity (Wildman–Crippen MR) is 111 cm³/mol. The highest BCUT2D eigenvalue weighted by atomic mass is 16.5. The second kappa shape index (κ2) is 9.05. The van der Waals surface area contributed by atoms with Crippen LogP contribution in [0.4, 0.5) is 11.4 Å². The fraction of sp³-hybridized carbons (Fsp3) is 0.435. The van der Waals surface area contributed by atoms with Gasteiger partial charge in [0.25, 0.3) is 0 Å². The molecule has 4 heteroatoms. The van der Waals surface area contributed by atoms with Gasteiger partial charge in [-0.3, -0.25) is 4.79 Å². The molecule has 3 rings (SSSR count). The predicted octanol–water partition coefficient (Wildman–Crippen LogP) is 4.82. The van der Waals surface area contributed by atoms with E-state index in [2.05, 4.69) is 43.1 Å². The number of amides is 1. The Balaban J connectivity index is 1.67. The van der Waals surface area contributed by atoms with Gasteiger partial charge in [0.1, 0.15) is 0 Å². The van der Waals surface area contributed by atoms with Crippen molar-refractivity contribution in [3.63, 3.8) is 0 Å². The van der Waals surface area contributed by atoms with E-state index in [1.165, 1.54) is 5.69 Å². The number of hydrogen-bond donors (Lipinski definition) is 1. The molecule has 1 N–H and O–H groups in total. The number of hydrogen-bond acceptors (Lipinski definition) is 3. The zero-order valence-electron chi connectivity index (χ0n) is 16.5. The number of benzene rings is 2. The average Bonchev–Trinajstić information content (AvgIpc) is 2.66. The zero-order chi connectivity index (χ0) is 19.2. The lowest BCUT2D eigenvalue weighted by Gasteiger charge is -2.36. The van der Waals surface area contributed by atoms with Crippen molar-refractivity contribution in [1.82, 2.24) is 0 Å². The van der Waals surface area contributed by atoms with Crippen LogP contribution in [0, 0.1) is 0 Å². The summed E-state index contributed by atoms with van der Waals surface area (Å²) < 4.78 is 5.81. The third kappa shape index (κ3) is 5.10. The molecule has 144 valence electrons. The lowest BCUT2D eigenvalue weighted by atomic mass is 9.93. The molecule has 0 spiro atoms. The molecule has 1 amide bonds. The van der Waals surface area contributed by atoms with E-state index >= 15 is 0 Å². The molecular weight excluding hydrogens is 336 g/mol. The summed E-state index contributed by atoms with van der Waals surface area (Å²) in [6.07, 6.45) is 2.28. The van der Waals surface area contributed by atoms with Gasteiger partial charge in [0.05, 0.1) is 18.1 Å². The summed E-state index contributed by atoms with van der Waals surface area (Å²) in [5, 5.41) is 3.09. The number of nitrogens with zero attached hydrogens (tertiary/aromatic N) is 1. The Kier molecular flexibility index (Phi) is 6.51. The first-order chi connectivity index (χ1) is 13.1. The molecule has 3 atom stereocenters. The van der Waals surface area contributed by atoms with Crippen LogP contribution in [0.15, 0.2) is 54.6 Å². The number of rotatable bonds is 6. The van der Waals surface area contributed by atoms with Crippen molar-refractivity contribution in [3.8, 4) is 0 Å². The van der Waals surface area contributed by atoms with E-state index in [1.54, 1.807) is 0 Å². The van der Waals surface area contributed by atoms with Gasteiger partial charge in [0.2, 0.25) is 5.91 Å². The van der Waals surface area contributed by atoms with Crippen LogP contribution in [-0.2, 0) is 9.53 Å². The van der Waals surface area contributed by atoms with Crippen molar-refractivity contribution in [2.75, 3.05) is 23.3 Å². The molecule has 4 nitrogen and oxygen atoms in total. The summed E-state index contributed by atoms with van der Waals surface area (Å²) in [6.45, 7) is 8.11. The molecule has 1 heterocycles. The van der Waals surface area contributed by atoms with E-state index < -0.39 is 0 Å². The number of carbonyl (C=O) groups is 1. The Labute approximate surface area is 162 Å². The average molecular weight is 367 g/mol. The van der Waals surface area contributed by atoms with Crippen molar-refractivity contribution >= 4 is 17.3 Å². The normalized spacial score (nSPS) is 20.9. The second-order valence-corrected chi connectivity index (χ2v) is 7.45. The highest BCUT2D eigenvalue weighted by Crippen LogP contribution is 2.25. The highest BCUT2D eigenvalue weighted by Gasteiger charge is 2.23. The fourth-order valence-corrected chi connectivity index (χ4v) is 3.80. The van der Waals surface area contributed by atoms with Crippen LogP contribution in [0.2, 0.25) is 0 Å². The van der Waals surface area contributed by atoms with Crippen LogP contribution in [0.25, 0.3) is 0 Å². The molecule has 0 radical (unpaired) electrons. The Hall–Kier alpha value is -2.33. The van der Waals surface area contributed by atoms with Gasteiger partial charge in [0.15, 0.2) is 0 Å². The maximum Gasteiger partial charge on any atom is 0.231 e. The Morgan fingerprint density at radius 2 is 1.70 bits per heavy atom. The van der Waals surface area contributed by atoms with Crippen LogP contribution < -0.4 is 10.2 Å². The van der Waals surface area contributed by atoms with Gasteiger partial charge in [0, 0.05) is 24.5 Å². The molecule has 1 aliphatic rings. The molecule has 3 unspecified atom stereocenters. The molecule has 0 aliphatic carbocycles. The van der Waals surface area contributed by atoms with Crippen LogP contribution in [-0.4, -0.2) is 31.2 Å². The molecule has 0 aromatic heterocycles. The standard InChI is InChI=1S/C23H30N2O2/c1-4-8-22(19-9-6-5-7-10-19)23(26)24-20-11-13-21(14-12-20)25-15-17(2)27-18(3)16-25/h5-7,9-14,17-18,22H,4,8,15-16H2,1-3H3,(H,24,26). The first-order valence-corrected chi connectivity index (χ1v) is 9.93. The molecule has 0 bridgehead atoms.